The third-order valence-electron chi connectivity index (χ3n) is 11.4. The number of benzene rings is 3. The van der Waals surface area contributed by atoms with Gasteiger partial charge in [-0.2, -0.15) is 4.57 Å². The molecule has 4 aliphatic rings. The lowest BCUT2D eigenvalue weighted by Gasteiger charge is -2.49. The highest BCUT2D eigenvalue weighted by Gasteiger charge is 2.58. The number of fused-ring (bicyclic) bond motifs is 7. The molecule has 0 amide bonds. The van der Waals surface area contributed by atoms with Crippen molar-refractivity contribution in [1.82, 2.24) is 4.57 Å². The van der Waals surface area contributed by atoms with Crippen molar-refractivity contribution in [1.29, 1.82) is 0 Å². The van der Waals surface area contributed by atoms with Gasteiger partial charge in [0.05, 0.1) is 5.56 Å². The molecule has 2 heteroatoms. The highest BCUT2D eigenvalue weighted by Crippen LogP contribution is 2.55. The topological polar surface area (TPSA) is 8.81 Å². The van der Waals surface area contributed by atoms with Crippen molar-refractivity contribution in [3.05, 3.63) is 82.4 Å². The van der Waals surface area contributed by atoms with E-state index in [4.69, 9.17) is 0 Å². The smallest absolute Gasteiger partial charge is 0.216 e. The zero-order chi connectivity index (χ0) is 26.4. The quantitative estimate of drug-likeness (QED) is 0.246. The van der Waals surface area contributed by atoms with Gasteiger partial charge in [-0.05, 0) is 117 Å². The van der Waals surface area contributed by atoms with Crippen LogP contribution in [-0.2, 0) is 11.0 Å². The number of rotatable bonds is 4. The summed E-state index contributed by atoms with van der Waals surface area (Å²) in [6.07, 6.45) is 8.84. The number of hydrogen-bond donors (Lipinski definition) is 0. The minimum atomic E-state index is 0.00739. The molecular formula is C36H43N2+. The van der Waals surface area contributed by atoms with Gasteiger partial charge < -0.3 is 0 Å². The van der Waals surface area contributed by atoms with Crippen molar-refractivity contribution in [3.63, 3.8) is 0 Å². The SMILES string of the molecule is CCC1(C)c2ccccc2-c2n(-c3c(C)cccc3C)c3cc4c(cc3[n+]2C1(CC)CC)C1CCC4CC1. The van der Waals surface area contributed by atoms with Crippen molar-refractivity contribution >= 4 is 11.0 Å². The van der Waals surface area contributed by atoms with Gasteiger partial charge in [0.1, 0.15) is 11.2 Å². The van der Waals surface area contributed by atoms with E-state index in [9.17, 15) is 0 Å². The molecular weight excluding hydrogens is 460 g/mol. The molecule has 3 aromatic carbocycles. The second kappa shape index (κ2) is 8.31. The van der Waals surface area contributed by atoms with Gasteiger partial charge in [0.15, 0.2) is 11.0 Å². The first-order valence-electron chi connectivity index (χ1n) is 15.2. The fourth-order valence-electron chi connectivity index (χ4n) is 9.30. The molecule has 8 rings (SSSR count). The molecule has 0 radical (unpaired) electrons. The molecule has 1 aromatic heterocycles. The maximum atomic E-state index is 2.85. The van der Waals surface area contributed by atoms with Crippen LogP contribution in [0, 0.1) is 13.8 Å². The van der Waals surface area contributed by atoms with Crippen molar-refractivity contribution in [2.24, 2.45) is 0 Å². The monoisotopic (exact) mass is 503 g/mol. The van der Waals surface area contributed by atoms with Crippen molar-refractivity contribution in [3.8, 4) is 17.1 Å². The van der Waals surface area contributed by atoms with Crippen LogP contribution in [0.25, 0.3) is 28.1 Å². The Morgan fingerprint density at radius 1 is 0.789 bits per heavy atom. The van der Waals surface area contributed by atoms with Crippen LogP contribution >= 0.6 is 0 Å². The van der Waals surface area contributed by atoms with Gasteiger partial charge in [0.2, 0.25) is 0 Å². The average molecular weight is 504 g/mol. The second-order valence-corrected chi connectivity index (χ2v) is 12.7. The predicted molar refractivity (Wildman–Crippen MR) is 159 cm³/mol. The Morgan fingerprint density at radius 3 is 2.00 bits per heavy atom. The first-order valence-corrected chi connectivity index (χ1v) is 15.2. The van der Waals surface area contributed by atoms with Crippen LogP contribution in [0.15, 0.2) is 54.6 Å². The zero-order valence-corrected chi connectivity index (χ0v) is 24.2. The molecule has 1 aliphatic heterocycles. The van der Waals surface area contributed by atoms with Gasteiger partial charge in [-0.15, -0.1) is 0 Å². The summed E-state index contributed by atoms with van der Waals surface area (Å²) < 4.78 is 5.53. The Labute approximate surface area is 228 Å². The normalized spacial score (nSPS) is 24.8. The first kappa shape index (κ1) is 24.2. The van der Waals surface area contributed by atoms with E-state index in [-0.39, 0.29) is 11.0 Å². The summed E-state index contributed by atoms with van der Waals surface area (Å²) in [5.74, 6) is 2.86. The molecule has 2 bridgehead atoms. The van der Waals surface area contributed by atoms with Crippen LogP contribution in [0.1, 0.15) is 112 Å². The van der Waals surface area contributed by atoms with Gasteiger partial charge in [0, 0.05) is 5.41 Å². The Hall–Kier alpha value is -2.87. The van der Waals surface area contributed by atoms with Crippen LogP contribution in [0.3, 0.4) is 0 Å². The van der Waals surface area contributed by atoms with Gasteiger partial charge in [-0.3, -0.25) is 0 Å². The Kier molecular flexibility index (Phi) is 5.29. The van der Waals surface area contributed by atoms with Crippen LogP contribution in [0.5, 0.6) is 0 Å². The second-order valence-electron chi connectivity index (χ2n) is 12.7. The Morgan fingerprint density at radius 2 is 1.39 bits per heavy atom. The Balaban J connectivity index is 1.73. The summed E-state index contributed by atoms with van der Waals surface area (Å²) in [6, 6.07) is 21.5. The molecule has 2 heterocycles. The zero-order valence-electron chi connectivity index (χ0n) is 24.2. The lowest BCUT2D eigenvalue weighted by atomic mass is 9.59. The maximum absolute atomic E-state index is 2.85. The largest absolute Gasteiger partial charge is 0.295 e. The number of aromatic nitrogens is 2. The molecule has 38 heavy (non-hydrogen) atoms. The van der Waals surface area contributed by atoms with E-state index < -0.39 is 0 Å². The lowest BCUT2D eigenvalue weighted by molar-refractivity contribution is -0.747. The van der Waals surface area contributed by atoms with E-state index in [1.54, 1.807) is 11.1 Å². The van der Waals surface area contributed by atoms with Crippen molar-refractivity contribution in [2.45, 2.75) is 109 Å². The highest BCUT2D eigenvalue weighted by atomic mass is 15.2. The Bertz CT molecular complexity index is 1550. The van der Waals surface area contributed by atoms with Crippen LogP contribution in [0.2, 0.25) is 0 Å². The van der Waals surface area contributed by atoms with E-state index >= 15 is 0 Å². The standard InChI is InChI=1S/C36H43N2/c1-7-35(6)30-16-11-10-15-27(30)34-37(33-23(4)13-12-14-24(33)5)31-21-28-25-17-19-26(20-18-25)29(28)22-32(31)38(34)36(35,8-2)9-3/h10-16,21-22,25-26H,7-9,17-20H2,1-6H3/q+1. The number of aryl methyl sites for hydroxylation is 2. The molecule has 1 atom stereocenters. The van der Waals surface area contributed by atoms with Gasteiger partial charge in [0.25, 0.3) is 5.82 Å². The number of hydrogen-bond acceptors (Lipinski definition) is 0. The predicted octanol–water partition coefficient (Wildman–Crippen LogP) is 9.15. The highest BCUT2D eigenvalue weighted by molar-refractivity contribution is 5.84. The fraction of sp³-hybridized carbons (Fsp3) is 0.472. The van der Waals surface area contributed by atoms with Gasteiger partial charge in [-0.25, -0.2) is 4.57 Å². The number of nitrogens with zero attached hydrogens (tertiary/aromatic N) is 2. The molecule has 3 aliphatic carbocycles. The summed E-state index contributed by atoms with van der Waals surface area (Å²) in [5.41, 5.74) is 13.2. The molecule has 0 N–H and O–H groups in total. The molecule has 4 aromatic rings. The minimum Gasteiger partial charge on any atom is -0.216 e. The van der Waals surface area contributed by atoms with Crippen LogP contribution < -0.4 is 4.57 Å². The molecule has 0 saturated heterocycles. The van der Waals surface area contributed by atoms with Crippen LogP contribution in [0.4, 0.5) is 0 Å². The molecule has 1 fully saturated rings. The molecule has 1 saturated carbocycles. The summed E-state index contributed by atoms with van der Waals surface area (Å²) in [5, 5.41) is 0. The first-order chi connectivity index (χ1) is 18.4. The minimum absolute atomic E-state index is 0.00739. The van der Waals surface area contributed by atoms with E-state index in [1.807, 2.05) is 0 Å². The summed E-state index contributed by atoms with van der Waals surface area (Å²) in [7, 11) is 0. The lowest BCUT2D eigenvalue weighted by Crippen LogP contribution is -2.68. The van der Waals surface area contributed by atoms with Crippen molar-refractivity contribution < 1.29 is 4.57 Å². The molecule has 1 unspecified atom stereocenters. The van der Waals surface area contributed by atoms with Crippen molar-refractivity contribution in [2.75, 3.05) is 0 Å². The van der Waals surface area contributed by atoms with Gasteiger partial charge >= 0.3 is 0 Å². The van der Waals surface area contributed by atoms with E-state index in [2.05, 4.69) is 105 Å². The summed E-state index contributed by atoms with van der Waals surface area (Å²) >= 11 is 0. The fourth-order valence-corrected chi connectivity index (χ4v) is 9.30. The van der Waals surface area contributed by atoms with E-state index in [1.165, 1.54) is 70.5 Å². The molecule has 2 nitrogen and oxygen atoms in total. The number of imidazole rings is 1. The summed E-state index contributed by atoms with van der Waals surface area (Å²) in [6.45, 7) is 14.4. The third kappa shape index (κ3) is 2.82. The third-order valence-corrected chi connectivity index (χ3v) is 11.4. The van der Waals surface area contributed by atoms with E-state index in [0.717, 1.165) is 31.1 Å². The number of para-hydroxylation sites is 1. The molecule has 196 valence electrons. The summed E-state index contributed by atoms with van der Waals surface area (Å²) in [4.78, 5) is 0. The van der Waals surface area contributed by atoms with Crippen LogP contribution in [-0.4, -0.2) is 4.57 Å². The average Bonchev–Trinajstić information content (AvgIpc) is 3.28. The molecule has 0 spiro atoms. The maximum Gasteiger partial charge on any atom is 0.295 e. The van der Waals surface area contributed by atoms with E-state index in [0.29, 0.717) is 0 Å². The van der Waals surface area contributed by atoms with Gasteiger partial charge in [-0.1, -0.05) is 64.1 Å².